The summed E-state index contributed by atoms with van der Waals surface area (Å²) in [6, 6.07) is 2.66. The lowest BCUT2D eigenvalue weighted by molar-refractivity contribution is -0.129. The lowest BCUT2D eigenvalue weighted by atomic mass is 10.0. The molecule has 3 heterocycles. The predicted octanol–water partition coefficient (Wildman–Crippen LogP) is 0.193. The van der Waals surface area contributed by atoms with Crippen LogP contribution in [0.25, 0.3) is 0 Å². The van der Waals surface area contributed by atoms with Gasteiger partial charge in [0.2, 0.25) is 5.91 Å². The van der Waals surface area contributed by atoms with E-state index in [0.29, 0.717) is 6.54 Å². The van der Waals surface area contributed by atoms with E-state index < -0.39 is 0 Å². The van der Waals surface area contributed by atoms with Crippen molar-refractivity contribution in [1.82, 2.24) is 24.7 Å². The number of aromatic nitrogens is 2. The molecule has 2 aliphatic heterocycles. The second kappa shape index (κ2) is 8.64. The number of amides is 1. The highest BCUT2D eigenvalue weighted by molar-refractivity contribution is 5.82. The van der Waals surface area contributed by atoms with Crippen LogP contribution in [0.4, 0.5) is 11.6 Å². The van der Waals surface area contributed by atoms with E-state index >= 15 is 0 Å². The highest BCUT2D eigenvalue weighted by Gasteiger charge is 2.22. The molecule has 0 radical (unpaired) electrons. The van der Waals surface area contributed by atoms with Gasteiger partial charge in [-0.3, -0.25) is 4.79 Å². The molecule has 0 aromatic carbocycles. The molecule has 3 rings (SSSR count). The van der Waals surface area contributed by atoms with E-state index in [0.717, 1.165) is 56.9 Å². The SMILES string of the molecule is CN1CCN(c2cc(NCCN3CCC(N(C)C)CC3)ncn2)CC1=O. The molecule has 1 aromatic heterocycles. The summed E-state index contributed by atoms with van der Waals surface area (Å²) < 4.78 is 0. The van der Waals surface area contributed by atoms with E-state index in [1.807, 2.05) is 18.0 Å². The lowest BCUT2D eigenvalue weighted by Gasteiger charge is -2.35. The van der Waals surface area contributed by atoms with Gasteiger partial charge in [0.15, 0.2) is 0 Å². The first kappa shape index (κ1) is 18.8. The van der Waals surface area contributed by atoms with Crippen LogP contribution in [0.5, 0.6) is 0 Å². The van der Waals surface area contributed by atoms with E-state index in [9.17, 15) is 4.79 Å². The van der Waals surface area contributed by atoms with Crippen molar-refractivity contribution in [2.75, 3.05) is 77.2 Å². The Hall–Kier alpha value is -1.93. The monoisotopic (exact) mass is 361 g/mol. The summed E-state index contributed by atoms with van der Waals surface area (Å²) in [4.78, 5) is 29.2. The second-order valence-electron chi connectivity index (χ2n) is 7.46. The average Bonchev–Trinajstić information content (AvgIpc) is 2.65. The van der Waals surface area contributed by atoms with Crippen LogP contribution in [0.3, 0.4) is 0 Å². The summed E-state index contributed by atoms with van der Waals surface area (Å²) in [5.41, 5.74) is 0. The molecule has 2 fully saturated rings. The van der Waals surface area contributed by atoms with Crippen molar-refractivity contribution in [3.63, 3.8) is 0 Å². The average molecular weight is 361 g/mol. The van der Waals surface area contributed by atoms with Crippen LogP contribution < -0.4 is 10.2 Å². The third-order valence-electron chi connectivity index (χ3n) is 5.46. The van der Waals surface area contributed by atoms with Crippen LogP contribution >= 0.6 is 0 Å². The van der Waals surface area contributed by atoms with Crippen LogP contribution in [-0.4, -0.2) is 104 Å². The van der Waals surface area contributed by atoms with Crippen molar-refractivity contribution < 1.29 is 4.79 Å². The van der Waals surface area contributed by atoms with Crippen LogP contribution in [0.1, 0.15) is 12.8 Å². The summed E-state index contributed by atoms with van der Waals surface area (Å²) in [5, 5.41) is 3.40. The Kier molecular flexibility index (Phi) is 6.26. The number of likely N-dealkylation sites (tertiary alicyclic amines) is 1. The largest absolute Gasteiger partial charge is 0.369 e. The van der Waals surface area contributed by atoms with Gasteiger partial charge in [-0.15, -0.1) is 0 Å². The number of carbonyl (C=O) groups is 1. The van der Waals surface area contributed by atoms with E-state index in [2.05, 4.69) is 39.2 Å². The van der Waals surface area contributed by atoms with Crippen molar-refractivity contribution in [3.8, 4) is 0 Å². The molecule has 1 aromatic rings. The number of piperazine rings is 1. The van der Waals surface area contributed by atoms with Crippen molar-refractivity contribution in [2.24, 2.45) is 0 Å². The fourth-order valence-electron chi connectivity index (χ4n) is 3.57. The molecule has 0 atom stereocenters. The topological polar surface area (TPSA) is 67.8 Å². The van der Waals surface area contributed by atoms with Gasteiger partial charge in [0.25, 0.3) is 0 Å². The van der Waals surface area contributed by atoms with E-state index in [1.54, 1.807) is 11.2 Å². The molecule has 2 aliphatic rings. The molecule has 0 unspecified atom stereocenters. The number of nitrogens with one attached hydrogen (secondary N) is 1. The first-order valence-electron chi connectivity index (χ1n) is 9.46. The van der Waals surface area contributed by atoms with Crippen molar-refractivity contribution in [2.45, 2.75) is 18.9 Å². The predicted molar refractivity (Wildman–Crippen MR) is 104 cm³/mol. The maximum Gasteiger partial charge on any atom is 0.241 e. The van der Waals surface area contributed by atoms with Crippen LogP contribution in [0.15, 0.2) is 12.4 Å². The highest BCUT2D eigenvalue weighted by Crippen LogP contribution is 2.17. The highest BCUT2D eigenvalue weighted by atomic mass is 16.2. The van der Waals surface area contributed by atoms with Gasteiger partial charge in [0.1, 0.15) is 18.0 Å². The Morgan fingerprint density at radius 1 is 1.19 bits per heavy atom. The maximum absolute atomic E-state index is 11.9. The van der Waals surface area contributed by atoms with Gasteiger partial charge in [-0.05, 0) is 40.0 Å². The zero-order valence-corrected chi connectivity index (χ0v) is 16.2. The molecule has 1 N–H and O–H groups in total. The third kappa shape index (κ3) is 4.82. The summed E-state index contributed by atoms with van der Waals surface area (Å²) in [6.07, 6.45) is 4.05. The van der Waals surface area contributed by atoms with Gasteiger partial charge < -0.3 is 24.9 Å². The number of nitrogens with zero attached hydrogens (tertiary/aromatic N) is 6. The molecule has 144 valence electrons. The second-order valence-corrected chi connectivity index (χ2v) is 7.46. The van der Waals surface area contributed by atoms with Gasteiger partial charge in [-0.2, -0.15) is 0 Å². The Balaban J connectivity index is 1.45. The Morgan fingerprint density at radius 2 is 1.96 bits per heavy atom. The molecule has 26 heavy (non-hydrogen) atoms. The fraction of sp³-hybridized carbons (Fsp3) is 0.722. The number of anilines is 2. The summed E-state index contributed by atoms with van der Waals surface area (Å²) in [7, 11) is 6.18. The molecule has 8 nitrogen and oxygen atoms in total. The standard InChI is InChI=1S/C18H31N7O/c1-22(2)15-4-7-24(8-5-15)9-6-19-16-12-17(21-14-20-16)25-11-10-23(3)18(26)13-25/h12,14-15H,4-11,13H2,1-3H3,(H,19,20,21). The van der Waals surface area contributed by atoms with Gasteiger partial charge in [-0.25, -0.2) is 9.97 Å². The first-order chi connectivity index (χ1) is 12.5. The lowest BCUT2D eigenvalue weighted by Crippen LogP contribution is -2.48. The number of rotatable bonds is 6. The molecule has 0 saturated carbocycles. The Bertz CT molecular complexity index is 601. The molecule has 0 aliphatic carbocycles. The molecule has 0 spiro atoms. The first-order valence-corrected chi connectivity index (χ1v) is 9.46. The fourth-order valence-corrected chi connectivity index (χ4v) is 3.57. The van der Waals surface area contributed by atoms with Crippen molar-refractivity contribution >= 4 is 17.5 Å². The van der Waals surface area contributed by atoms with Crippen LogP contribution in [0, 0.1) is 0 Å². The zero-order chi connectivity index (χ0) is 18.5. The van der Waals surface area contributed by atoms with E-state index in [1.165, 1.54) is 12.8 Å². The zero-order valence-electron chi connectivity index (χ0n) is 16.2. The quantitative estimate of drug-likeness (QED) is 0.776. The molecule has 8 heteroatoms. The van der Waals surface area contributed by atoms with Crippen molar-refractivity contribution in [3.05, 3.63) is 12.4 Å². The van der Waals surface area contributed by atoms with Gasteiger partial charge >= 0.3 is 0 Å². The number of hydrogen-bond acceptors (Lipinski definition) is 7. The van der Waals surface area contributed by atoms with Gasteiger partial charge in [0.05, 0.1) is 6.54 Å². The van der Waals surface area contributed by atoms with E-state index in [-0.39, 0.29) is 5.91 Å². The summed E-state index contributed by atoms with van der Waals surface area (Å²) in [6.45, 7) is 6.12. The summed E-state index contributed by atoms with van der Waals surface area (Å²) in [5.74, 6) is 1.77. The molecule has 1 amide bonds. The van der Waals surface area contributed by atoms with Crippen molar-refractivity contribution in [1.29, 1.82) is 0 Å². The minimum Gasteiger partial charge on any atom is -0.369 e. The number of carbonyl (C=O) groups excluding carboxylic acids is 1. The molecular formula is C18H31N7O. The summed E-state index contributed by atoms with van der Waals surface area (Å²) >= 11 is 0. The van der Waals surface area contributed by atoms with Crippen LogP contribution in [0.2, 0.25) is 0 Å². The van der Waals surface area contributed by atoms with Crippen LogP contribution in [-0.2, 0) is 4.79 Å². The normalized spacial score (nSPS) is 20.1. The smallest absolute Gasteiger partial charge is 0.241 e. The Morgan fingerprint density at radius 3 is 2.65 bits per heavy atom. The number of likely N-dealkylation sites (N-methyl/N-ethyl adjacent to an activating group) is 1. The minimum atomic E-state index is 0.130. The molecular weight excluding hydrogens is 330 g/mol. The Labute approximate surface area is 156 Å². The number of piperidine rings is 1. The van der Waals surface area contributed by atoms with E-state index in [4.69, 9.17) is 0 Å². The van der Waals surface area contributed by atoms with Gasteiger partial charge in [0, 0.05) is 45.3 Å². The number of hydrogen-bond donors (Lipinski definition) is 1. The van der Waals surface area contributed by atoms with Gasteiger partial charge in [-0.1, -0.05) is 0 Å². The molecule has 2 saturated heterocycles. The molecule has 0 bridgehead atoms. The minimum absolute atomic E-state index is 0.130. The third-order valence-corrected chi connectivity index (χ3v) is 5.46. The maximum atomic E-state index is 11.9.